The second-order valence-corrected chi connectivity index (χ2v) is 4.58. The standard InChI is InChI=1S/C12H14N2O/c13-10-5-8-3-1-2-4-9(8)12(10)6-11(15)14-7-12/h1-4,10H,5-7,13H2,(H,14,15). The first-order valence-electron chi connectivity index (χ1n) is 5.33. The van der Waals surface area contributed by atoms with Crippen molar-refractivity contribution in [2.45, 2.75) is 24.3 Å². The van der Waals surface area contributed by atoms with Crippen LogP contribution in [0.5, 0.6) is 0 Å². The molecule has 1 amide bonds. The van der Waals surface area contributed by atoms with Crippen LogP contribution in [-0.4, -0.2) is 18.5 Å². The van der Waals surface area contributed by atoms with Gasteiger partial charge in [-0.2, -0.15) is 0 Å². The van der Waals surface area contributed by atoms with Gasteiger partial charge in [0.1, 0.15) is 0 Å². The molecule has 1 aliphatic carbocycles. The minimum atomic E-state index is -0.131. The maximum atomic E-state index is 11.4. The zero-order valence-corrected chi connectivity index (χ0v) is 8.49. The van der Waals surface area contributed by atoms with Crippen molar-refractivity contribution in [2.24, 2.45) is 5.73 Å². The molecule has 0 aromatic heterocycles. The minimum Gasteiger partial charge on any atom is -0.355 e. The van der Waals surface area contributed by atoms with Gasteiger partial charge in [-0.1, -0.05) is 24.3 Å². The Bertz CT molecular complexity index is 429. The van der Waals surface area contributed by atoms with Crippen LogP contribution in [0.25, 0.3) is 0 Å². The first-order valence-corrected chi connectivity index (χ1v) is 5.33. The highest BCUT2D eigenvalue weighted by molar-refractivity contribution is 5.81. The highest BCUT2D eigenvalue weighted by Crippen LogP contribution is 2.42. The van der Waals surface area contributed by atoms with Gasteiger partial charge in [0.2, 0.25) is 5.91 Å². The summed E-state index contributed by atoms with van der Waals surface area (Å²) in [4.78, 5) is 11.4. The summed E-state index contributed by atoms with van der Waals surface area (Å²) in [7, 11) is 0. The number of nitrogens with two attached hydrogens (primary N) is 1. The summed E-state index contributed by atoms with van der Waals surface area (Å²) in [5, 5.41) is 2.90. The average Bonchev–Trinajstić information content (AvgIpc) is 2.73. The van der Waals surface area contributed by atoms with Crippen LogP contribution in [0.15, 0.2) is 24.3 Å². The van der Waals surface area contributed by atoms with Crippen molar-refractivity contribution in [2.75, 3.05) is 6.54 Å². The molecule has 1 heterocycles. The quantitative estimate of drug-likeness (QED) is 0.637. The van der Waals surface area contributed by atoms with Gasteiger partial charge in [-0.3, -0.25) is 4.79 Å². The van der Waals surface area contributed by atoms with E-state index >= 15 is 0 Å². The molecule has 1 aromatic rings. The van der Waals surface area contributed by atoms with Crippen LogP contribution < -0.4 is 11.1 Å². The van der Waals surface area contributed by atoms with Crippen LogP contribution in [0.3, 0.4) is 0 Å². The van der Waals surface area contributed by atoms with Crippen molar-refractivity contribution in [3.63, 3.8) is 0 Å². The maximum absolute atomic E-state index is 11.4. The van der Waals surface area contributed by atoms with Gasteiger partial charge in [-0.25, -0.2) is 0 Å². The molecule has 3 heteroatoms. The number of hydrogen-bond acceptors (Lipinski definition) is 2. The Morgan fingerprint density at radius 1 is 1.40 bits per heavy atom. The molecule has 1 aromatic carbocycles. The van der Waals surface area contributed by atoms with Crippen molar-refractivity contribution < 1.29 is 4.79 Å². The Balaban J connectivity index is 2.13. The van der Waals surface area contributed by atoms with E-state index in [0.717, 1.165) is 6.42 Å². The summed E-state index contributed by atoms with van der Waals surface area (Å²) >= 11 is 0. The molecule has 0 saturated carbocycles. The number of carbonyl (C=O) groups is 1. The molecule has 2 atom stereocenters. The van der Waals surface area contributed by atoms with Crippen LogP contribution in [0.1, 0.15) is 17.5 Å². The lowest BCUT2D eigenvalue weighted by Crippen LogP contribution is -2.43. The van der Waals surface area contributed by atoms with E-state index in [0.29, 0.717) is 13.0 Å². The van der Waals surface area contributed by atoms with E-state index < -0.39 is 0 Å². The van der Waals surface area contributed by atoms with E-state index in [1.807, 2.05) is 12.1 Å². The van der Waals surface area contributed by atoms with Crippen LogP contribution >= 0.6 is 0 Å². The summed E-state index contributed by atoms with van der Waals surface area (Å²) in [6, 6.07) is 8.37. The zero-order chi connectivity index (χ0) is 10.5. The molecule has 3 N–H and O–H groups in total. The highest BCUT2D eigenvalue weighted by Gasteiger charge is 2.49. The SMILES string of the molecule is NC1Cc2ccccc2C12CNC(=O)C2. The van der Waals surface area contributed by atoms with Gasteiger partial charge >= 0.3 is 0 Å². The van der Waals surface area contributed by atoms with E-state index in [1.54, 1.807) is 0 Å². The molecule has 15 heavy (non-hydrogen) atoms. The minimum absolute atomic E-state index is 0.0776. The van der Waals surface area contributed by atoms with Crippen molar-refractivity contribution in [3.8, 4) is 0 Å². The lowest BCUT2D eigenvalue weighted by Gasteiger charge is -2.27. The number of nitrogens with one attached hydrogen (secondary N) is 1. The number of hydrogen-bond donors (Lipinski definition) is 2. The van der Waals surface area contributed by atoms with E-state index in [9.17, 15) is 4.79 Å². The molecule has 1 fully saturated rings. The third kappa shape index (κ3) is 1.07. The van der Waals surface area contributed by atoms with E-state index in [1.165, 1.54) is 11.1 Å². The number of benzene rings is 1. The van der Waals surface area contributed by atoms with Crippen LogP contribution in [-0.2, 0) is 16.6 Å². The van der Waals surface area contributed by atoms with Crippen molar-refractivity contribution >= 4 is 5.91 Å². The lowest BCUT2D eigenvalue weighted by atomic mass is 9.78. The zero-order valence-electron chi connectivity index (χ0n) is 8.49. The molecule has 78 valence electrons. The van der Waals surface area contributed by atoms with Crippen LogP contribution in [0.2, 0.25) is 0 Å². The molecule has 1 spiro atoms. The van der Waals surface area contributed by atoms with Crippen molar-refractivity contribution in [1.29, 1.82) is 0 Å². The lowest BCUT2D eigenvalue weighted by molar-refractivity contribution is -0.119. The number of amides is 1. The van der Waals surface area contributed by atoms with Gasteiger partial charge in [0, 0.05) is 24.4 Å². The van der Waals surface area contributed by atoms with E-state index in [4.69, 9.17) is 5.73 Å². The molecule has 2 unspecified atom stereocenters. The van der Waals surface area contributed by atoms with Gasteiger partial charge < -0.3 is 11.1 Å². The monoisotopic (exact) mass is 202 g/mol. The van der Waals surface area contributed by atoms with Crippen molar-refractivity contribution in [3.05, 3.63) is 35.4 Å². The maximum Gasteiger partial charge on any atom is 0.221 e. The fourth-order valence-electron chi connectivity index (χ4n) is 2.94. The van der Waals surface area contributed by atoms with Crippen LogP contribution in [0.4, 0.5) is 0 Å². The van der Waals surface area contributed by atoms with Gasteiger partial charge in [0.25, 0.3) is 0 Å². The van der Waals surface area contributed by atoms with Gasteiger partial charge in [-0.05, 0) is 17.5 Å². The topological polar surface area (TPSA) is 55.1 Å². The predicted molar refractivity (Wildman–Crippen MR) is 57.4 cm³/mol. The molecule has 0 radical (unpaired) electrons. The Kier molecular flexibility index (Phi) is 1.68. The fourth-order valence-corrected chi connectivity index (χ4v) is 2.94. The normalized spacial score (nSPS) is 33.1. The molecule has 1 aliphatic heterocycles. The first kappa shape index (κ1) is 8.92. The van der Waals surface area contributed by atoms with Gasteiger partial charge in [0.15, 0.2) is 0 Å². The molecule has 0 bridgehead atoms. The molecular formula is C12H14N2O. The predicted octanol–water partition coefficient (Wildman–Crippen LogP) is 0.328. The van der Waals surface area contributed by atoms with Gasteiger partial charge in [0.05, 0.1) is 0 Å². The van der Waals surface area contributed by atoms with E-state index in [-0.39, 0.29) is 17.4 Å². The van der Waals surface area contributed by atoms with Crippen molar-refractivity contribution in [1.82, 2.24) is 5.32 Å². The summed E-state index contributed by atoms with van der Waals surface area (Å²) in [6.07, 6.45) is 1.44. The summed E-state index contributed by atoms with van der Waals surface area (Å²) in [5.41, 5.74) is 8.64. The molecule has 3 rings (SSSR count). The Morgan fingerprint density at radius 2 is 2.20 bits per heavy atom. The number of fused-ring (bicyclic) bond motifs is 2. The average molecular weight is 202 g/mol. The first-order chi connectivity index (χ1) is 7.22. The highest BCUT2D eigenvalue weighted by atomic mass is 16.1. The number of carbonyl (C=O) groups excluding carboxylic acids is 1. The molecular weight excluding hydrogens is 188 g/mol. The fraction of sp³-hybridized carbons (Fsp3) is 0.417. The second kappa shape index (κ2) is 2.83. The molecule has 3 nitrogen and oxygen atoms in total. The Morgan fingerprint density at radius 3 is 2.93 bits per heavy atom. The second-order valence-electron chi connectivity index (χ2n) is 4.58. The van der Waals surface area contributed by atoms with Crippen LogP contribution in [0, 0.1) is 0 Å². The summed E-state index contributed by atoms with van der Waals surface area (Å²) in [5.74, 6) is 0.127. The summed E-state index contributed by atoms with van der Waals surface area (Å²) in [6.45, 7) is 0.698. The smallest absolute Gasteiger partial charge is 0.221 e. The molecule has 1 saturated heterocycles. The third-order valence-corrected chi connectivity index (χ3v) is 3.78. The Labute approximate surface area is 88.7 Å². The largest absolute Gasteiger partial charge is 0.355 e. The molecule has 2 aliphatic rings. The summed E-state index contributed by atoms with van der Waals surface area (Å²) < 4.78 is 0. The van der Waals surface area contributed by atoms with Gasteiger partial charge in [-0.15, -0.1) is 0 Å². The van der Waals surface area contributed by atoms with E-state index in [2.05, 4.69) is 17.4 Å². The third-order valence-electron chi connectivity index (χ3n) is 3.78. The Hall–Kier alpha value is -1.35. The number of rotatable bonds is 0.